The Hall–Kier alpha value is -2.77. The Morgan fingerprint density at radius 2 is 1.79 bits per heavy atom. The standard InChI is InChI=1S/C20H17ClFN3O2S/c21-15-5-1-13(2-6-15)9-10-23-18(26)11-17-12-28-20(24-17)25-19(27)14-3-7-16(22)8-4-14/h1-8,12H,9-11H2,(H,23,26)(H,24,25,27). The van der Waals surface area contributed by atoms with Crippen LogP contribution in [0.25, 0.3) is 0 Å². The minimum atomic E-state index is -0.407. The number of aromatic nitrogens is 1. The number of benzene rings is 2. The van der Waals surface area contributed by atoms with Crippen molar-refractivity contribution in [1.29, 1.82) is 0 Å². The monoisotopic (exact) mass is 417 g/mol. The van der Waals surface area contributed by atoms with Crippen molar-refractivity contribution in [2.45, 2.75) is 12.8 Å². The van der Waals surface area contributed by atoms with Gasteiger partial charge in [-0.1, -0.05) is 23.7 Å². The summed E-state index contributed by atoms with van der Waals surface area (Å²) >= 11 is 7.07. The van der Waals surface area contributed by atoms with Crippen molar-refractivity contribution in [3.8, 4) is 0 Å². The van der Waals surface area contributed by atoms with Gasteiger partial charge >= 0.3 is 0 Å². The van der Waals surface area contributed by atoms with Gasteiger partial charge in [-0.3, -0.25) is 14.9 Å². The zero-order valence-corrected chi connectivity index (χ0v) is 16.3. The summed E-state index contributed by atoms with van der Waals surface area (Å²) in [4.78, 5) is 28.4. The molecule has 28 heavy (non-hydrogen) atoms. The molecule has 0 spiro atoms. The highest BCUT2D eigenvalue weighted by Gasteiger charge is 2.11. The van der Waals surface area contributed by atoms with Crippen LogP contribution in [-0.2, 0) is 17.6 Å². The van der Waals surface area contributed by atoms with E-state index in [0.717, 1.165) is 5.56 Å². The number of nitrogens with one attached hydrogen (secondary N) is 2. The molecule has 0 aliphatic heterocycles. The Labute approximate surface area is 170 Å². The van der Waals surface area contributed by atoms with Crippen LogP contribution in [-0.4, -0.2) is 23.3 Å². The first-order chi connectivity index (χ1) is 13.5. The van der Waals surface area contributed by atoms with Gasteiger partial charge < -0.3 is 5.32 Å². The summed E-state index contributed by atoms with van der Waals surface area (Å²) in [6.45, 7) is 0.513. The largest absolute Gasteiger partial charge is 0.355 e. The molecule has 2 aromatic carbocycles. The van der Waals surface area contributed by atoms with Crippen molar-refractivity contribution in [2.75, 3.05) is 11.9 Å². The van der Waals surface area contributed by atoms with E-state index in [4.69, 9.17) is 11.6 Å². The molecule has 2 amide bonds. The highest BCUT2D eigenvalue weighted by molar-refractivity contribution is 7.14. The molecule has 0 saturated carbocycles. The van der Waals surface area contributed by atoms with E-state index in [0.29, 0.717) is 34.4 Å². The molecule has 3 rings (SSSR count). The third-order valence-corrected chi connectivity index (χ3v) is 4.93. The Balaban J connectivity index is 1.45. The number of carbonyl (C=O) groups is 2. The maximum Gasteiger partial charge on any atom is 0.257 e. The van der Waals surface area contributed by atoms with Gasteiger partial charge in [0, 0.05) is 22.5 Å². The molecule has 0 saturated heterocycles. The number of halogens is 2. The normalized spacial score (nSPS) is 10.5. The average molecular weight is 418 g/mol. The highest BCUT2D eigenvalue weighted by Crippen LogP contribution is 2.17. The van der Waals surface area contributed by atoms with E-state index in [1.807, 2.05) is 24.3 Å². The zero-order chi connectivity index (χ0) is 19.9. The molecule has 8 heteroatoms. The first-order valence-corrected chi connectivity index (χ1v) is 9.78. The zero-order valence-electron chi connectivity index (χ0n) is 14.7. The van der Waals surface area contributed by atoms with Crippen molar-refractivity contribution in [1.82, 2.24) is 10.3 Å². The van der Waals surface area contributed by atoms with Crippen LogP contribution in [0.3, 0.4) is 0 Å². The summed E-state index contributed by atoms with van der Waals surface area (Å²) in [5.74, 6) is -0.931. The van der Waals surface area contributed by atoms with Crippen LogP contribution in [0, 0.1) is 5.82 Å². The van der Waals surface area contributed by atoms with Gasteiger partial charge in [-0.15, -0.1) is 11.3 Å². The summed E-state index contributed by atoms with van der Waals surface area (Å²) in [7, 11) is 0. The van der Waals surface area contributed by atoms with Crippen LogP contribution in [0.4, 0.5) is 9.52 Å². The van der Waals surface area contributed by atoms with Crippen LogP contribution in [0.15, 0.2) is 53.9 Å². The SMILES string of the molecule is O=C(Cc1csc(NC(=O)c2ccc(F)cc2)n1)NCCc1ccc(Cl)cc1. The lowest BCUT2D eigenvalue weighted by Gasteiger charge is -2.04. The molecule has 0 unspecified atom stereocenters. The molecule has 0 aliphatic rings. The van der Waals surface area contributed by atoms with Crippen LogP contribution >= 0.6 is 22.9 Å². The molecule has 144 valence electrons. The molecule has 0 aliphatic carbocycles. The topological polar surface area (TPSA) is 71.1 Å². The van der Waals surface area contributed by atoms with Gasteiger partial charge in [0.2, 0.25) is 5.91 Å². The molecule has 2 N–H and O–H groups in total. The second-order valence-corrected chi connectivity index (χ2v) is 7.30. The van der Waals surface area contributed by atoms with Crippen LogP contribution in [0.2, 0.25) is 5.02 Å². The van der Waals surface area contributed by atoms with E-state index in [1.54, 1.807) is 5.38 Å². The Morgan fingerprint density at radius 1 is 1.07 bits per heavy atom. The van der Waals surface area contributed by atoms with Crippen molar-refractivity contribution in [3.63, 3.8) is 0 Å². The summed E-state index contributed by atoms with van der Waals surface area (Å²) in [5, 5.41) is 8.28. The Bertz CT molecular complexity index is 958. The lowest BCUT2D eigenvalue weighted by atomic mass is 10.1. The number of carbonyl (C=O) groups excluding carboxylic acids is 2. The van der Waals surface area contributed by atoms with E-state index >= 15 is 0 Å². The number of thiazole rings is 1. The van der Waals surface area contributed by atoms with E-state index in [2.05, 4.69) is 15.6 Å². The van der Waals surface area contributed by atoms with E-state index in [-0.39, 0.29) is 18.2 Å². The maximum absolute atomic E-state index is 12.9. The predicted molar refractivity (Wildman–Crippen MR) is 108 cm³/mol. The van der Waals surface area contributed by atoms with Gasteiger partial charge in [-0.25, -0.2) is 9.37 Å². The van der Waals surface area contributed by atoms with Crippen molar-refractivity contribution >= 4 is 39.9 Å². The smallest absolute Gasteiger partial charge is 0.257 e. The highest BCUT2D eigenvalue weighted by atomic mass is 35.5. The molecule has 5 nitrogen and oxygen atoms in total. The summed E-state index contributed by atoms with van der Waals surface area (Å²) in [6.07, 6.45) is 0.836. The number of hydrogen-bond donors (Lipinski definition) is 2. The molecule has 0 fully saturated rings. The van der Waals surface area contributed by atoms with E-state index in [9.17, 15) is 14.0 Å². The van der Waals surface area contributed by atoms with Crippen LogP contribution < -0.4 is 10.6 Å². The minimum absolute atomic E-state index is 0.129. The molecule has 1 heterocycles. The molecular weight excluding hydrogens is 401 g/mol. The molecule has 0 radical (unpaired) electrons. The fraction of sp³-hybridized carbons (Fsp3) is 0.150. The number of rotatable bonds is 7. The van der Waals surface area contributed by atoms with Gasteiger partial charge in [0.15, 0.2) is 5.13 Å². The van der Waals surface area contributed by atoms with Gasteiger partial charge in [-0.05, 0) is 48.4 Å². The Kier molecular flexibility index (Phi) is 6.73. The summed E-state index contributed by atoms with van der Waals surface area (Å²) in [5.41, 5.74) is 1.99. The molecule has 0 atom stereocenters. The van der Waals surface area contributed by atoms with E-state index < -0.39 is 5.82 Å². The van der Waals surface area contributed by atoms with Crippen molar-refractivity contribution in [2.24, 2.45) is 0 Å². The second kappa shape index (κ2) is 9.43. The lowest BCUT2D eigenvalue weighted by molar-refractivity contribution is -0.120. The number of hydrogen-bond acceptors (Lipinski definition) is 4. The predicted octanol–water partition coefficient (Wildman–Crippen LogP) is 4.09. The van der Waals surface area contributed by atoms with Gasteiger partial charge in [0.1, 0.15) is 5.82 Å². The fourth-order valence-electron chi connectivity index (χ4n) is 2.44. The second-order valence-electron chi connectivity index (χ2n) is 6.01. The van der Waals surface area contributed by atoms with Gasteiger partial charge in [0.05, 0.1) is 12.1 Å². The van der Waals surface area contributed by atoms with Crippen molar-refractivity contribution < 1.29 is 14.0 Å². The average Bonchev–Trinajstić information content (AvgIpc) is 3.10. The number of amides is 2. The molecule has 3 aromatic rings. The van der Waals surface area contributed by atoms with Crippen molar-refractivity contribution in [3.05, 3.63) is 81.6 Å². The molecular formula is C20H17ClFN3O2S. The lowest BCUT2D eigenvalue weighted by Crippen LogP contribution is -2.27. The third-order valence-electron chi connectivity index (χ3n) is 3.87. The maximum atomic E-state index is 12.9. The summed E-state index contributed by atoms with van der Waals surface area (Å²) in [6, 6.07) is 12.7. The van der Waals surface area contributed by atoms with Crippen LogP contribution in [0.5, 0.6) is 0 Å². The van der Waals surface area contributed by atoms with Crippen LogP contribution in [0.1, 0.15) is 21.6 Å². The number of nitrogens with zero attached hydrogens (tertiary/aromatic N) is 1. The fourth-order valence-corrected chi connectivity index (χ4v) is 3.27. The number of anilines is 1. The molecule has 1 aromatic heterocycles. The Morgan fingerprint density at radius 3 is 2.50 bits per heavy atom. The van der Waals surface area contributed by atoms with E-state index in [1.165, 1.54) is 35.6 Å². The first kappa shape index (κ1) is 20.0. The quantitative estimate of drug-likeness (QED) is 0.608. The third kappa shape index (κ3) is 5.87. The minimum Gasteiger partial charge on any atom is -0.355 e. The van der Waals surface area contributed by atoms with Gasteiger partial charge in [-0.2, -0.15) is 0 Å². The first-order valence-electron chi connectivity index (χ1n) is 8.52. The summed E-state index contributed by atoms with van der Waals surface area (Å²) < 4.78 is 12.9. The van der Waals surface area contributed by atoms with Gasteiger partial charge in [0.25, 0.3) is 5.91 Å². The molecule has 0 bridgehead atoms.